The number of halogens is 1. The van der Waals surface area contributed by atoms with E-state index in [1.54, 1.807) is 0 Å². The number of anilines is 1. The van der Waals surface area contributed by atoms with Gasteiger partial charge in [0.2, 0.25) is 0 Å². The highest BCUT2D eigenvalue weighted by Gasteiger charge is 2.16. The first kappa shape index (κ1) is 22.5. The quantitative estimate of drug-likeness (QED) is 0.353. The minimum absolute atomic E-state index is 0. The van der Waals surface area contributed by atoms with Crippen LogP contribution < -0.4 is 15.5 Å². The van der Waals surface area contributed by atoms with Crippen LogP contribution in [0.4, 0.5) is 5.82 Å². The fourth-order valence-corrected chi connectivity index (χ4v) is 4.50. The molecule has 0 amide bonds. The van der Waals surface area contributed by atoms with Gasteiger partial charge in [0.25, 0.3) is 0 Å². The Bertz CT molecular complexity index is 585. The molecule has 0 radical (unpaired) electrons. The molecular formula is C19H33IN6S. The summed E-state index contributed by atoms with van der Waals surface area (Å²) in [5, 5.41) is 7.59. The molecule has 2 fully saturated rings. The largest absolute Gasteiger partial charge is 0.357 e. The van der Waals surface area contributed by atoms with Crippen molar-refractivity contribution >= 4 is 47.5 Å². The molecule has 3 rings (SSSR count). The zero-order chi connectivity index (χ0) is 18.2. The number of piperazine rings is 1. The van der Waals surface area contributed by atoms with Gasteiger partial charge in [-0.15, -0.1) is 24.0 Å². The van der Waals surface area contributed by atoms with Crippen molar-refractivity contribution in [1.29, 1.82) is 0 Å². The van der Waals surface area contributed by atoms with Crippen molar-refractivity contribution in [3.05, 3.63) is 23.9 Å². The van der Waals surface area contributed by atoms with Crippen LogP contribution in [0.3, 0.4) is 0 Å². The van der Waals surface area contributed by atoms with Gasteiger partial charge in [-0.2, -0.15) is 11.8 Å². The summed E-state index contributed by atoms with van der Waals surface area (Å²) in [4.78, 5) is 14.1. The van der Waals surface area contributed by atoms with Crippen LogP contribution in [-0.4, -0.2) is 73.2 Å². The minimum atomic E-state index is 0. The minimum Gasteiger partial charge on any atom is -0.357 e. The molecule has 0 aliphatic carbocycles. The molecule has 1 aromatic heterocycles. The van der Waals surface area contributed by atoms with E-state index in [0.29, 0.717) is 6.54 Å². The molecule has 3 heterocycles. The Balaban J connectivity index is 0.00000261. The van der Waals surface area contributed by atoms with E-state index in [1.807, 2.05) is 6.20 Å². The number of aromatic nitrogens is 1. The first-order chi connectivity index (χ1) is 12.7. The van der Waals surface area contributed by atoms with Crippen LogP contribution in [0.2, 0.25) is 0 Å². The van der Waals surface area contributed by atoms with Gasteiger partial charge in [0.15, 0.2) is 5.96 Å². The zero-order valence-electron chi connectivity index (χ0n) is 16.5. The molecule has 2 aliphatic heterocycles. The number of pyridine rings is 1. The van der Waals surface area contributed by atoms with Gasteiger partial charge < -0.3 is 20.4 Å². The Morgan fingerprint density at radius 3 is 2.81 bits per heavy atom. The van der Waals surface area contributed by atoms with Gasteiger partial charge in [-0.1, -0.05) is 0 Å². The van der Waals surface area contributed by atoms with E-state index >= 15 is 0 Å². The smallest absolute Gasteiger partial charge is 0.191 e. The monoisotopic (exact) mass is 504 g/mol. The topological polar surface area (TPSA) is 55.8 Å². The van der Waals surface area contributed by atoms with Crippen molar-refractivity contribution in [2.75, 3.05) is 57.0 Å². The Morgan fingerprint density at radius 1 is 1.30 bits per heavy atom. The molecule has 2 aliphatic rings. The summed E-state index contributed by atoms with van der Waals surface area (Å²) in [6, 6.07) is 4.25. The second-order valence-corrected chi connectivity index (χ2v) is 8.43. The maximum absolute atomic E-state index is 4.77. The number of hydrogen-bond acceptors (Lipinski definition) is 5. The van der Waals surface area contributed by atoms with Crippen LogP contribution in [0.15, 0.2) is 23.3 Å². The number of likely N-dealkylation sites (N-methyl/N-ethyl adjacent to an activating group) is 1. The van der Waals surface area contributed by atoms with E-state index in [-0.39, 0.29) is 24.0 Å². The lowest BCUT2D eigenvalue weighted by Gasteiger charge is -2.33. The molecule has 0 saturated carbocycles. The number of nitrogens with zero attached hydrogens (tertiary/aromatic N) is 4. The van der Waals surface area contributed by atoms with Gasteiger partial charge >= 0.3 is 0 Å². The van der Waals surface area contributed by atoms with E-state index in [9.17, 15) is 0 Å². The third-order valence-corrected chi connectivity index (χ3v) is 6.32. The zero-order valence-corrected chi connectivity index (χ0v) is 19.6. The number of hydrogen-bond donors (Lipinski definition) is 2. The van der Waals surface area contributed by atoms with Crippen molar-refractivity contribution in [3.63, 3.8) is 0 Å². The van der Waals surface area contributed by atoms with Gasteiger partial charge in [-0.3, -0.25) is 0 Å². The van der Waals surface area contributed by atoms with Crippen LogP contribution in [0.5, 0.6) is 0 Å². The highest BCUT2D eigenvalue weighted by molar-refractivity contribution is 14.0. The fourth-order valence-electron chi connectivity index (χ4n) is 3.30. The molecule has 2 N–H and O–H groups in total. The van der Waals surface area contributed by atoms with Crippen LogP contribution >= 0.6 is 35.7 Å². The lowest BCUT2D eigenvalue weighted by atomic mass is 10.2. The van der Waals surface area contributed by atoms with Crippen LogP contribution in [0.1, 0.15) is 25.3 Å². The molecule has 152 valence electrons. The standard InChI is InChI=1S/C19H32N6S.HI/c1-3-20-19(23-15-17-5-4-12-26-17)22-14-16-6-7-21-18(13-16)25-10-8-24(2)9-11-25;/h6-7,13,17H,3-5,8-12,14-15H2,1-2H3,(H2,20,22,23);1H. The maximum atomic E-state index is 4.77. The predicted octanol–water partition coefficient (Wildman–Crippen LogP) is 2.40. The van der Waals surface area contributed by atoms with E-state index in [0.717, 1.165) is 56.3 Å². The third-order valence-electron chi connectivity index (χ3n) is 4.92. The summed E-state index contributed by atoms with van der Waals surface area (Å²) in [7, 11) is 2.18. The van der Waals surface area contributed by atoms with E-state index in [4.69, 9.17) is 4.99 Å². The Labute approximate surface area is 185 Å². The molecule has 6 nitrogen and oxygen atoms in total. The number of rotatable bonds is 6. The average molecular weight is 504 g/mol. The third kappa shape index (κ3) is 7.30. The van der Waals surface area contributed by atoms with Gasteiger partial charge in [0.1, 0.15) is 5.82 Å². The molecule has 1 aromatic rings. The Hall–Kier alpha value is -0.740. The summed E-state index contributed by atoms with van der Waals surface area (Å²) in [5.41, 5.74) is 1.21. The highest BCUT2D eigenvalue weighted by atomic mass is 127. The summed E-state index contributed by atoms with van der Waals surface area (Å²) in [5.74, 6) is 3.29. The molecule has 1 unspecified atom stereocenters. The Morgan fingerprint density at radius 2 is 2.11 bits per heavy atom. The van der Waals surface area contributed by atoms with Crippen molar-refractivity contribution in [2.45, 2.75) is 31.6 Å². The molecule has 27 heavy (non-hydrogen) atoms. The van der Waals surface area contributed by atoms with Crippen molar-refractivity contribution in [3.8, 4) is 0 Å². The van der Waals surface area contributed by atoms with Gasteiger partial charge in [-0.05, 0) is 50.3 Å². The Kier molecular flexibility index (Phi) is 9.99. The first-order valence-electron chi connectivity index (χ1n) is 9.77. The second kappa shape index (κ2) is 12.0. The lowest BCUT2D eigenvalue weighted by Crippen LogP contribution is -2.44. The number of thioether (sulfide) groups is 1. The van der Waals surface area contributed by atoms with E-state index in [1.165, 1.54) is 24.2 Å². The fraction of sp³-hybridized carbons (Fsp3) is 0.684. The number of guanidine groups is 1. The molecule has 0 bridgehead atoms. The predicted molar refractivity (Wildman–Crippen MR) is 128 cm³/mol. The van der Waals surface area contributed by atoms with Crippen LogP contribution in [0.25, 0.3) is 0 Å². The van der Waals surface area contributed by atoms with Gasteiger partial charge in [0.05, 0.1) is 6.54 Å². The second-order valence-electron chi connectivity index (χ2n) is 7.02. The van der Waals surface area contributed by atoms with E-state index < -0.39 is 0 Å². The van der Waals surface area contributed by atoms with Crippen LogP contribution in [0, 0.1) is 0 Å². The first-order valence-corrected chi connectivity index (χ1v) is 10.8. The molecule has 1 atom stereocenters. The molecule has 0 spiro atoms. The number of aliphatic imine (C=N–C) groups is 1. The lowest BCUT2D eigenvalue weighted by molar-refractivity contribution is 0.312. The summed E-state index contributed by atoms with van der Waals surface area (Å²) < 4.78 is 0. The van der Waals surface area contributed by atoms with E-state index in [2.05, 4.69) is 63.3 Å². The molecule has 0 aromatic carbocycles. The summed E-state index contributed by atoms with van der Waals surface area (Å²) in [6.07, 6.45) is 4.57. The number of nitrogens with one attached hydrogen (secondary N) is 2. The van der Waals surface area contributed by atoms with Gasteiger partial charge in [-0.25, -0.2) is 9.98 Å². The average Bonchev–Trinajstić information content (AvgIpc) is 3.18. The van der Waals surface area contributed by atoms with Crippen molar-refractivity contribution < 1.29 is 0 Å². The van der Waals surface area contributed by atoms with Crippen LogP contribution in [-0.2, 0) is 6.54 Å². The highest BCUT2D eigenvalue weighted by Crippen LogP contribution is 2.25. The normalized spacial score (nSPS) is 21.0. The molecule has 8 heteroatoms. The molecular weight excluding hydrogens is 471 g/mol. The molecule has 2 saturated heterocycles. The van der Waals surface area contributed by atoms with Gasteiger partial charge in [0, 0.05) is 50.7 Å². The van der Waals surface area contributed by atoms with Crippen molar-refractivity contribution in [1.82, 2.24) is 20.5 Å². The SMILES string of the molecule is CCNC(=NCc1ccnc(N2CCN(C)CC2)c1)NCC1CCCS1.I. The summed E-state index contributed by atoms with van der Waals surface area (Å²) in [6.45, 7) is 8.94. The maximum Gasteiger partial charge on any atom is 0.191 e. The summed E-state index contributed by atoms with van der Waals surface area (Å²) >= 11 is 2.07. The van der Waals surface area contributed by atoms with Crippen molar-refractivity contribution in [2.24, 2.45) is 4.99 Å².